The van der Waals surface area contributed by atoms with Crippen LogP contribution in [-0.4, -0.2) is 52.9 Å². The summed E-state index contributed by atoms with van der Waals surface area (Å²) >= 11 is 6.62. The second kappa shape index (κ2) is 7.64. The van der Waals surface area contributed by atoms with Crippen LogP contribution in [0.25, 0.3) is 10.9 Å². The van der Waals surface area contributed by atoms with Gasteiger partial charge in [0.2, 0.25) is 0 Å². The third kappa shape index (κ3) is 3.31. The van der Waals surface area contributed by atoms with Crippen molar-refractivity contribution in [3.05, 3.63) is 40.0 Å². The van der Waals surface area contributed by atoms with Gasteiger partial charge < -0.3 is 4.90 Å². The third-order valence-electron chi connectivity index (χ3n) is 6.88. The van der Waals surface area contributed by atoms with E-state index in [1.165, 1.54) is 37.7 Å². The smallest absolute Gasteiger partial charge is 0.254 e. The lowest BCUT2D eigenvalue weighted by molar-refractivity contribution is 0.0523. The SMILES string of the molecule is O=C(c1ccc2c(Cl)c3c(nc2c1)CCC3)N1CCN(C2CCCCC2)CC1. The van der Waals surface area contributed by atoms with Gasteiger partial charge in [-0.05, 0) is 49.8 Å². The number of benzene rings is 1. The summed E-state index contributed by atoms with van der Waals surface area (Å²) in [5, 5.41) is 1.80. The van der Waals surface area contributed by atoms with Crippen LogP contribution in [0.1, 0.15) is 60.1 Å². The number of fused-ring (bicyclic) bond motifs is 2. The number of pyridine rings is 1. The van der Waals surface area contributed by atoms with E-state index in [1.54, 1.807) is 0 Å². The zero-order chi connectivity index (χ0) is 19.1. The van der Waals surface area contributed by atoms with Gasteiger partial charge in [-0.25, -0.2) is 0 Å². The lowest BCUT2D eigenvalue weighted by Crippen LogP contribution is -2.52. The fourth-order valence-electron chi connectivity index (χ4n) is 5.26. The second-order valence-electron chi connectivity index (χ2n) is 8.56. The molecule has 1 saturated heterocycles. The zero-order valence-electron chi connectivity index (χ0n) is 16.4. The van der Waals surface area contributed by atoms with Crippen LogP contribution in [0.2, 0.25) is 5.02 Å². The van der Waals surface area contributed by atoms with Gasteiger partial charge in [0.25, 0.3) is 5.91 Å². The molecule has 0 N–H and O–H groups in total. The molecule has 1 aliphatic heterocycles. The summed E-state index contributed by atoms with van der Waals surface area (Å²) in [5.41, 5.74) is 3.91. The van der Waals surface area contributed by atoms with Crippen molar-refractivity contribution >= 4 is 28.4 Å². The number of aryl methyl sites for hydroxylation is 1. The molecule has 1 aromatic carbocycles. The van der Waals surface area contributed by atoms with Crippen LogP contribution in [0.3, 0.4) is 0 Å². The first-order valence-electron chi connectivity index (χ1n) is 10.8. The number of rotatable bonds is 2. The molecule has 2 fully saturated rings. The van der Waals surface area contributed by atoms with Gasteiger partial charge in [-0.15, -0.1) is 0 Å². The number of hydrogen-bond acceptors (Lipinski definition) is 3. The maximum atomic E-state index is 13.1. The number of hydrogen-bond donors (Lipinski definition) is 0. The van der Waals surface area contributed by atoms with Gasteiger partial charge in [-0.1, -0.05) is 36.9 Å². The minimum absolute atomic E-state index is 0.128. The van der Waals surface area contributed by atoms with Crippen LogP contribution < -0.4 is 0 Å². The van der Waals surface area contributed by atoms with Crippen LogP contribution >= 0.6 is 11.6 Å². The van der Waals surface area contributed by atoms with Crippen molar-refractivity contribution in [1.82, 2.24) is 14.8 Å². The monoisotopic (exact) mass is 397 g/mol. The Morgan fingerprint density at radius 2 is 1.79 bits per heavy atom. The summed E-state index contributed by atoms with van der Waals surface area (Å²) in [6.45, 7) is 3.65. The number of aromatic nitrogens is 1. The van der Waals surface area contributed by atoms with Gasteiger partial charge in [-0.3, -0.25) is 14.7 Å². The van der Waals surface area contributed by atoms with Crippen molar-refractivity contribution in [2.45, 2.75) is 57.4 Å². The number of piperazine rings is 1. The van der Waals surface area contributed by atoms with Crippen molar-refractivity contribution in [3.63, 3.8) is 0 Å². The molecule has 4 nitrogen and oxygen atoms in total. The molecule has 1 amide bonds. The van der Waals surface area contributed by atoms with Crippen LogP contribution in [0, 0.1) is 0 Å². The lowest BCUT2D eigenvalue weighted by atomic mass is 9.94. The van der Waals surface area contributed by atoms with Gasteiger partial charge in [0, 0.05) is 48.9 Å². The summed E-state index contributed by atoms with van der Waals surface area (Å²) < 4.78 is 0. The molecule has 1 aromatic heterocycles. The fraction of sp³-hybridized carbons (Fsp3) is 0.565. The summed E-state index contributed by atoms with van der Waals surface area (Å²) in [5.74, 6) is 0.128. The third-order valence-corrected chi connectivity index (χ3v) is 7.31. The molecule has 2 aliphatic carbocycles. The molecule has 0 radical (unpaired) electrons. The van der Waals surface area contributed by atoms with E-state index >= 15 is 0 Å². The highest BCUT2D eigenvalue weighted by molar-refractivity contribution is 6.36. The molecular formula is C23H28ClN3O. The Balaban J connectivity index is 1.31. The molecule has 28 heavy (non-hydrogen) atoms. The Morgan fingerprint density at radius 1 is 1.00 bits per heavy atom. The summed E-state index contributed by atoms with van der Waals surface area (Å²) in [6.07, 6.45) is 9.90. The molecule has 0 bridgehead atoms. The Hall–Kier alpha value is -1.65. The van der Waals surface area contributed by atoms with Gasteiger partial charge in [0.05, 0.1) is 10.5 Å². The summed E-state index contributed by atoms with van der Waals surface area (Å²) in [7, 11) is 0. The standard InChI is InChI=1S/C23H28ClN3O/c24-22-18-7-4-8-20(18)25-21-15-16(9-10-19(21)22)23(28)27-13-11-26(12-14-27)17-5-2-1-3-6-17/h9-10,15,17H,1-8,11-14H2. The highest BCUT2D eigenvalue weighted by Crippen LogP contribution is 2.34. The van der Waals surface area contributed by atoms with E-state index in [-0.39, 0.29) is 5.91 Å². The largest absolute Gasteiger partial charge is 0.336 e. The first-order chi connectivity index (χ1) is 13.7. The molecule has 0 unspecified atom stereocenters. The molecule has 5 heteroatoms. The highest BCUT2D eigenvalue weighted by Gasteiger charge is 2.28. The van der Waals surface area contributed by atoms with Crippen molar-refractivity contribution in [1.29, 1.82) is 0 Å². The first-order valence-corrected chi connectivity index (χ1v) is 11.2. The molecule has 3 aliphatic rings. The number of amides is 1. The van der Waals surface area contributed by atoms with E-state index in [2.05, 4.69) is 4.90 Å². The van der Waals surface area contributed by atoms with Gasteiger partial charge >= 0.3 is 0 Å². The van der Waals surface area contributed by atoms with Crippen molar-refractivity contribution in [2.24, 2.45) is 0 Å². The lowest BCUT2D eigenvalue weighted by Gasteiger charge is -2.40. The molecule has 1 saturated carbocycles. The van der Waals surface area contributed by atoms with E-state index in [1.807, 2.05) is 23.1 Å². The van der Waals surface area contributed by atoms with E-state index in [0.717, 1.165) is 78.7 Å². The Bertz CT molecular complexity index is 898. The van der Waals surface area contributed by atoms with Crippen molar-refractivity contribution in [2.75, 3.05) is 26.2 Å². The molecule has 2 aromatic rings. The molecule has 2 heterocycles. The normalized spacial score (nSPS) is 21.2. The average Bonchev–Trinajstić information content (AvgIpc) is 3.22. The number of nitrogens with zero attached hydrogens (tertiary/aromatic N) is 3. The highest BCUT2D eigenvalue weighted by atomic mass is 35.5. The minimum atomic E-state index is 0.128. The summed E-state index contributed by atoms with van der Waals surface area (Å²) in [4.78, 5) is 22.5. The quantitative estimate of drug-likeness (QED) is 0.750. The predicted octanol–water partition coefficient (Wildman–Crippen LogP) is 4.47. The van der Waals surface area contributed by atoms with Gasteiger partial charge in [0.15, 0.2) is 0 Å². The molecule has 0 atom stereocenters. The number of halogens is 1. The maximum absolute atomic E-state index is 13.1. The van der Waals surface area contributed by atoms with E-state index in [0.29, 0.717) is 0 Å². The summed E-state index contributed by atoms with van der Waals surface area (Å²) in [6, 6.07) is 6.58. The van der Waals surface area contributed by atoms with E-state index < -0.39 is 0 Å². The average molecular weight is 398 g/mol. The molecular weight excluding hydrogens is 370 g/mol. The van der Waals surface area contributed by atoms with Crippen LogP contribution in [0.15, 0.2) is 18.2 Å². The second-order valence-corrected chi connectivity index (χ2v) is 8.93. The fourth-order valence-corrected chi connectivity index (χ4v) is 5.62. The number of carbonyl (C=O) groups is 1. The van der Waals surface area contributed by atoms with Gasteiger partial charge in [-0.2, -0.15) is 0 Å². The Labute approximate surface area is 171 Å². The maximum Gasteiger partial charge on any atom is 0.254 e. The van der Waals surface area contributed by atoms with Gasteiger partial charge in [0.1, 0.15) is 0 Å². The molecule has 0 spiro atoms. The van der Waals surface area contributed by atoms with Crippen LogP contribution in [0.4, 0.5) is 0 Å². The Morgan fingerprint density at radius 3 is 2.57 bits per heavy atom. The molecule has 148 valence electrons. The zero-order valence-corrected chi connectivity index (χ0v) is 17.2. The first kappa shape index (κ1) is 18.4. The van der Waals surface area contributed by atoms with E-state index in [4.69, 9.17) is 16.6 Å². The van der Waals surface area contributed by atoms with E-state index in [9.17, 15) is 4.79 Å². The Kier molecular flexibility index (Phi) is 5.02. The predicted molar refractivity (Wildman–Crippen MR) is 113 cm³/mol. The van der Waals surface area contributed by atoms with Crippen LogP contribution in [-0.2, 0) is 12.8 Å². The van der Waals surface area contributed by atoms with Crippen molar-refractivity contribution in [3.8, 4) is 0 Å². The van der Waals surface area contributed by atoms with Crippen LogP contribution in [0.5, 0.6) is 0 Å². The minimum Gasteiger partial charge on any atom is -0.336 e. The topological polar surface area (TPSA) is 36.4 Å². The van der Waals surface area contributed by atoms with Crippen molar-refractivity contribution < 1.29 is 4.79 Å². The molecule has 5 rings (SSSR count). The number of carbonyl (C=O) groups excluding carboxylic acids is 1.